The van der Waals surface area contributed by atoms with E-state index in [9.17, 15) is 4.79 Å². The third-order valence-corrected chi connectivity index (χ3v) is 4.42. The first-order chi connectivity index (χ1) is 13.0. The summed E-state index contributed by atoms with van der Waals surface area (Å²) in [6.45, 7) is 4.01. The Bertz CT molecular complexity index is 1150. The molecule has 4 aromatic rings. The standard InChI is InChI=1S/C20H18ClN3O3/c1-11-3-4-16-17(5-11)24-18(23-16)9-26-10-19(25)22-14-7-13-6-12(2)27-20(13)15(21)8-14/h3-8H,9-10H2,1-2H3,(H,22,25)(H,23,24). The maximum atomic E-state index is 12.1. The summed E-state index contributed by atoms with van der Waals surface area (Å²) in [5.74, 6) is 1.18. The molecule has 2 heterocycles. The van der Waals surface area contributed by atoms with Crippen molar-refractivity contribution in [3.63, 3.8) is 0 Å². The quantitative estimate of drug-likeness (QED) is 0.522. The van der Waals surface area contributed by atoms with Crippen LogP contribution in [0.3, 0.4) is 0 Å². The number of imidazole rings is 1. The number of hydrogen-bond donors (Lipinski definition) is 2. The molecule has 0 aliphatic carbocycles. The van der Waals surface area contributed by atoms with Crippen molar-refractivity contribution in [2.24, 2.45) is 0 Å². The normalized spacial score (nSPS) is 11.4. The van der Waals surface area contributed by atoms with E-state index in [2.05, 4.69) is 15.3 Å². The van der Waals surface area contributed by atoms with Gasteiger partial charge in [-0.2, -0.15) is 0 Å². The molecule has 0 bridgehead atoms. The lowest BCUT2D eigenvalue weighted by atomic mass is 10.2. The molecule has 2 aromatic heterocycles. The van der Waals surface area contributed by atoms with Crippen LogP contribution in [0.25, 0.3) is 22.0 Å². The fourth-order valence-corrected chi connectivity index (χ4v) is 3.26. The van der Waals surface area contributed by atoms with Crippen molar-refractivity contribution in [3.05, 3.63) is 58.6 Å². The summed E-state index contributed by atoms with van der Waals surface area (Å²) in [5, 5.41) is 4.08. The number of halogens is 1. The van der Waals surface area contributed by atoms with Crippen molar-refractivity contribution in [3.8, 4) is 0 Å². The van der Waals surface area contributed by atoms with Crippen molar-refractivity contribution < 1.29 is 13.9 Å². The van der Waals surface area contributed by atoms with Crippen LogP contribution in [0.4, 0.5) is 5.69 Å². The number of aromatic amines is 1. The molecule has 1 amide bonds. The minimum Gasteiger partial charge on any atom is -0.460 e. The summed E-state index contributed by atoms with van der Waals surface area (Å²) in [7, 11) is 0. The summed E-state index contributed by atoms with van der Waals surface area (Å²) in [6.07, 6.45) is 0. The number of fused-ring (bicyclic) bond motifs is 2. The molecule has 4 rings (SSSR count). The summed E-state index contributed by atoms with van der Waals surface area (Å²) in [5.41, 5.74) is 4.20. The summed E-state index contributed by atoms with van der Waals surface area (Å²) in [4.78, 5) is 19.8. The second-order valence-corrected chi connectivity index (χ2v) is 6.89. The van der Waals surface area contributed by atoms with Crippen LogP contribution in [0.5, 0.6) is 0 Å². The fraction of sp³-hybridized carbons (Fsp3) is 0.200. The molecule has 2 aromatic carbocycles. The number of amides is 1. The van der Waals surface area contributed by atoms with E-state index in [1.165, 1.54) is 0 Å². The van der Waals surface area contributed by atoms with Crippen molar-refractivity contribution >= 4 is 45.2 Å². The van der Waals surface area contributed by atoms with Crippen LogP contribution in [0.1, 0.15) is 17.1 Å². The smallest absolute Gasteiger partial charge is 0.250 e. The topological polar surface area (TPSA) is 80.2 Å². The zero-order chi connectivity index (χ0) is 19.0. The molecule has 0 unspecified atom stereocenters. The molecule has 0 radical (unpaired) electrons. The lowest BCUT2D eigenvalue weighted by Crippen LogP contribution is -2.18. The predicted molar refractivity (Wildman–Crippen MR) is 105 cm³/mol. The number of ether oxygens (including phenoxy) is 1. The van der Waals surface area contributed by atoms with E-state index in [4.69, 9.17) is 20.8 Å². The molecule has 7 heteroatoms. The van der Waals surface area contributed by atoms with Gasteiger partial charge in [0.15, 0.2) is 5.58 Å². The lowest BCUT2D eigenvalue weighted by molar-refractivity contribution is -0.121. The van der Waals surface area contributed by atoms with E-state index in [1.54, 1.807) is 6.07 Å². The Hall–Kier alpha value is -2.83. The summed E-state index contributed by atoms with van der Waals surface area (Å²) < 4.78 is 11.0. The molecule has 2 N–H and O–H groups in total. The molecule has 138 valence electrons. The number of nitrogens with zero attached hydrogens (tertiary/aromatic N) is 1. The molecule has 0 aliphatic heterocycles. The number of benzene rings is 2. The Kier molecular flexibility index (Phi) is 4.59. The average molecular weight is 384 g/mol. The second-order valence-electron chi connectivity index (χ2n) is 6.48. The van der Waals surface area contributed by atoms with Crippen LogP contribution in [-0.4, -0.2) is 22.5 Å². The number of aryl methyl sites for hydroxylation is 2. The molecular formula is C20H18ClN3O3. The van der Waals surface area contributed by atoms with Gasteiger partial charge in [-0.25, -0.2) is 4.98 Å². The Labute approximate surface area is 160 Å². The predicted octanol–water partition coefficient (Wildman–Crippen LogP) is 4.73. The van der Waals surface area contributed by atoms with Gasteiger partial charge in [-0.05, 0) is 49.7 Å². The Morgan fingerprint density at radius 2 is 2.11 bits per heavy atom. The Balaban J connectivity index is 1.36. The third kappa shape index (κ3) is 3.82. The van der Waals surface area contributed by atoms with Crippen LogP contribution in [0.15, 0.2) is 40.8 Å². The highest BCUT2D eigenvalue weighted by Crippen LogP contribution is 2.30. The first-order valence-corrected chi connectivity index (χ1v) is 8.88. The van der Waals surface area contributed by atoms with Crippen LogP contribution in [0.2, 0.25) is 5.02 Å². The Morgan fingerprint density at radius 1 is 1.26 bits per heavy atom. The van der Waals surface area contributed by atoms with Crippen molar-refractivity contribution in [2.75, 3.05) is 11.9 Å². The van der Waals surface area contributed by atoms with E-state index in [-0.39, 0.29) is 19.1 Å². The maximum absolute atomic E-state index is 12.1. The Morgan fingerprint density at radius 3 is 2.96 bits per heavy atom. The van der Waals surface area contributed by atoms with Gasteiger partial charge in [0, 0.05) is 11.1 Å². The first-order valence-electron chi connectivity index (χ1n) is 8.50. The average Bonchev–Trinajstić information content (AvgIpc) is 3.17. The fourth-order valence-electron chi connectivity index (χ4n) is 2.99. The van der Waals surface area contributed by atoms with E-state index in [1.807, 2.05) is 44.2 Å². The van der Waals surface area contributed by atoms with Crippen LogP contribution < -0.4 is 5.32 Å². The highest BCUT2D eigenvalue weighted by molar-refractivity contribution is 6.35. The molecule has 0 atom stereocenters. The number of nitrogens with one attached hydrogen (secondary N) is 2. The maximum Gasteiger partial charge on any atom is 0.250 e. The number of furan rings is 1. The molecule has 0 spiro atoms. The van der Waals surface area contributed by atoms with Gasteiger partial charge in [0.1, 0.15) is 24.8 Å². The zero-order valence-electron chi connectivity index (χ0n) is 14.9. The van der Waals surface area contributed by atoms with Gasteiger partial charge in [-0.1, -0.05) is 17.7 Å². The van der Waals surface area contributed by atoms with E-state index < -0.39 is 0 Å². The first kappa shape index (κ1) is 17.6. The number of rotatable bonds is 5. The summed E-state index contributed by atoms with van der Waals surface area (Å²) >= 11 is 6.20. The molecule has 0 aliphatic rings. The SMILES string of the molecule is Cc1ccc2nc(COCC(=O)Nc3cc(Cl)c4oc(C)cc4c3)[nH]c2c1. The van der Waals surface area contributed by atoms with E-state index >= 15 is 0 Å². The van der Waals surface area contributed by atoms with Gasteiger partial charge in [0.2, 0.25) is 5.91 Å². The van der Waals surface area contributed by atoms with Crippen molar-refractivity contribution in [1.29, 1.82) is 0 Å². The molecule has 0 saturated carbocycles. The van der Waals surface area contributed by atoms with Gasteiger partial charge in [-0.15, -0.1) is 0 Å². The number of H-pyrrole nitrogens is 1. The van der Waals surface area contributed by atoms with Gasteiger partial charge in [-0.3, -0.25) is 4.79 Å². The number of carbonyl (C=O) groups is 1. The molecule has 0 fully saturated rings. The monoisotopic (exact) mass is 383 g/mol. The van der Waals surface area contributed by atoms with Crippen molar-refractivity contribution in [2.45, 2.75) is 20.5 Å². The zero-order valence-corrected chi connectivity index (χ0v) is 15.7. The van der Waals surface area contributed by atoms with Crippen LogP contribution >= 0.6 is 11.6 Å². The second kappa shape index (κ2) is 7.06. The largest absolute Gasteiger partial charge is 0.460 e. The third-order valence-electron chi connectivity index (χ3n) is 4.14. The van der Waals surface area contributed by atoms with Crippen molar-refractivity contribution in [1.82, 2.24) is 9.97 Å². The lowest BCUT2D eigenvalue weighted by Gasteiger charge is -2.06. The van der Waals surface area contributed by atoms with Gasteiger partial charge in [0.25, 0.3) is 0 Å². The minimum absolute atomic E-state index is 0.0872. The molecule has 27 heavy (non-hydrogen) atoms. The van der Waals surface area contributed by atoms with Crippen LogP contribution in [0, 0.1) is 13.8 Å². The van der Waals surface area contributed by atoms with Gasteiger partial charge in [0.05, 0.1) is 16.1 Å². The minimum atomic E-state index is -0.266. The number of carbonyl (C=O) groups excluding carboxylic acids is 1. The van der Waals surface area contributed by atoms with Gasteiger partial charge >= 0.3 is 0 Å². The molecule has 6 nitrogen and oxygen atoms in total. The highest BCUT2D eigenvalue weighted by Gasteiger charge is 2.10. The highest BCUT2D eigenvalue weighted by atomic mass is 35.5. The van der Waals surface area contributed by atoms with E-state index in [0.717, 1.165) is 27.7 Å². The van der Waals surface area contributed by atoms with Crippen LogP contribution in [-0.2, 0) is 16.1 Å². The number of aromatic nitrogens is 2. The number of anilines is 1. The van der Waals surface area contributed by atoms with Gasteiger partial charge < -0.3 is 19.5 Å². The van der Waals surface area contributed by atoms with E-state index in [0.29, 0.717) is 22.1 Å². The molecule has 0 saturated heterocycles. The molecular weight excluding hydrogens is 366 g/mol. The number of hydrogen-bond acceptors (Lipinski definition) is 4. The summed E-state index contributed by atoms with van der Waals surface area (Å²) in [6, 6.07) is 11.3.